The van der Waals surface area contributed by atoms with E-state index in [1.165, 1.54) is 0 Å². The summed E-state index contributed by atoms with van der Waals surface area (Å²) >= 11 is 0. The number of ether oxygens (including phenoxy) is 1. The lowest BCUT2D eigenvalue weighted by Crippen LogP contribution is -2.42. The summed E-state index contributed by atoms with van der Waals surface area (Å²) < 4.78 is 5.15. The number of carboxylic acid groups (broad SMARTS) is 1. The van der Waals surface area contributed by atoms with Gasteiger partial charge in [-0.1, -0.05) is 19.8 Å². The van der Waals surface area contributed by atoms with Crippen LogP contribution in [0.4, 0.5) is 4.79 Å². The van der Waals surface area contributed by atoms with E-state index in [0.717, 1.165) is 12.8 Å². The maximum atomic E-state index is 11.6. The molecule has 1 saturated carbocycles. The molecule has 1 amide bonds. The molecule has 0 bridgehead atoms. The minimum Gasteiger partial charge on any atom is -0.481 e. The Morgan fingerprint density at radius 1 is 1.32 bits per heavy atom. The van der Waals surface area contributed by atoms with Crippen LogP contribution in [0.5, 0.6) is 0 Å². The molecular formula is C14H25NO4. The highest BCUT2D eigenvalue weighted by atomic mass is 16.6. The maximum absolute atomic E-state index is 11.6. The third kappa shape index (κ3) is 4.11. The molecule has 1 atom stereocenters. The highest BCUT2D eigenvalue weighted by molar-refractivity contribution is 5.75. The predicted octanol–water partition coefficient (Wildman–Crippen LogP) is 2.79. The summed E-state index contributed by atoms with van der Waals surface area (Å²) in [5.41, 5.74) is -1.22. The number of hydrogen-bond donors (Lipinski definition) is 2. The van der Waals surface area contributed by atoms with Crippen LogP contribution >= 0.6 is 0 Å². The molecule has 0 spiro atoms. The van der Waals surface area contributed by atoms with Gasteiger partial charge >= 0.3 is 12.1 Å². The summed E-state index contributed by atoms with van der Waals surface area (Å²) in [6, 6.07) is 0. The molecule has 1 aliphatic carbocycles. The normalized spacial score (nSPS) is 19.8. The van der Waals surface area contributed by atoms with Crippen LogP contribution in [0.2, 0.25) is 0 Å². The minimum absolute atomic E-state index is 0.0972. The fourth-order valence-electron chi connectivity index (χ4n) is 2.67. The SMILES string of the molecule is C[C@@H](CNC(=O)OC(C)(C)C)C1(C(=O)O)CCCC1. The van der Waals surface area contributed by atoms with Gasteiger partial charge in [-0.25, -0.2) is 4.79 Å². The molecule has 0 aliphatic heterocycles. The monoisotopic (exact) mass is 271 g/mol. The zero-order chi connectivity index (χ0) is 14.7. The molecule has 2 N–H and O–H groups in total. The number of carboxylic acids is 1. The molecule has 1 rings (SSSR count). The lowest BCUT2D eigenvalue weighted by Gasteiger charge is -2.31. The minimum atomic E-state index is -0.747. The molecule has 19 heavy (non-hydrogen) atoms. The van der Waals surface area contributed by atoms with E-state index in [1.807, 2.05) is 6.92 Å². The van der Waals surface area contributed by atoms with E-state index in [1.54, 1.807) is 20.8 Å². The Morgan fingerprint density at radius 3 is 2.26 bits per heavy atom. The van der Waals surface area contributed by atoms with Gasteiger partial charge in [0.15, 0.2) is 0 Å². The van der Waals surface area contributed by atoms with Crippen molar-refractivity contribution in [1.82, 2.24) is 5.32 Å². The largest absolute Gasteiger partial charge is 0.481 e. The molecule has 0 aromatic carbocycles. The second kappa shape index (κ2) is 5.80. The van der Waals surface area contributed by atoms with Crippen molar-refractivity contribution < 1.29 is 19.4 Å². The number of rotatable bonds is 4. The number of alkyl carbamates (subject to hydrolysis) is 1. The zero-order valence-corrected chi connectivity index (χ0v) is 12.3. The summed E-state index contributed by atoms with van der Waals surface area (Å²) in [6.45, 7) is 7.61. The quantitative estimate of drug-likeness (QED) is 0.824. The molecule has 110 valence electrons. The van der Waals surface area contributed by atoms with Crippen molar-refractivity contribution in [2.45, 2.75) is 59.0 Å². The third-order valence-corrected chi connectivity index (χ3v) is 3.82. The van der Waals surface area contributed by atoms with E-state index >= 15 is 0 Å². The second-order valence-corrected chi connectivity index (χ2v) is 6.45. The van der Waals surface area contributed by atoms with Crippen molar-refractivity contribution in [1.29, 1.82) is 0 Å². The van der Waals surface area contributed by atoms with Gasteiger partial charge in [-0.3, -0.25) is 4.79 Å². The fraction of sp³-hybridized carbons (Fsp3) is 0.857. The van der Waals surface area contributed by atoms with Crippen LogP contribution in [0, 0.1) is 11.3 Å². The Labute approximate surface area is 114 Å². The van der Waals surface area contributed by atoms with Crippen molar-refractivity contribution in [3.63, 3.8) is 0 Å². The molecule has 5 nitrogen and oxygen atoms in total. The Bertz CT molecular complexity index is 340. The highest BCUT2D eigenvalue weighted by Crippen LogP contribution is 2.44. The van der Waals surface area contributed by atoms with Crippen molar-refractivity contribution >= 4 is 12.1 Å². The summed E-state index contributed by atoms with van der Waals surface area (Å²) in [5, 5.41) is 12.1. The Morgan fingerprint density at radius 2 is 1.84 bits per heavy atom. The van der Waals surface area contributed by atoms with Crippen molar-refractivity contribution in [2.75, 3.05) is 6.54 Å². The average Bonchev–Trinajstić information content (AvgIpc) is 2.73. The summed E-state index contributed by atoms with van der Waals surface area (Å²) in [5.74, 6) is -0.844. The van der Waals surface area contributed by atoms with Crippen LogP contribution < -0.4 is 5.32 Å². The van der Waals surface area contributed by atoms with E-state index in [0.29, 0.717) is 19.4 Å². The number of carbonyl (C=O) groups excluding carboxylic acids is 1. The molecule has 0 radical (unpaired) electrons. The van der Waals surface area contributed by atoms with Crippen molar-refractivity contribution in [3.05, 3.63) is 0 Å². The van der Waals surface area contributed by atoms with E-state index in [-0.39, 0.29) is 5.92 Å². The predicted molar refractivity (Wildman–Crippen MR) is 71.9 cm³/mol. The van der Waals surface area contributed by atoms with Crippen LogP contribution in [0.15, 0.2) is 0 Å². The first-order valence-corrected chi connectivity index (χ1v) is 6.88. The van der Waals surface area contributed by atoms with Crippen LogP contribution in [0.3, 0.4) is 0 Å². The molecule has 0 heterocycles. The molecule has 1 fully saturated rings. The highest BCUT2D eigenvalue weighted by Gasteiger charge is 2.45. The van der Waals surface area contributed by atoms with Gasteiger partial charge in [0.25, 0.3) is 0 Å². The van der Waals surface area contributed by atoms with E-state index in [9.17, 15) is 14.7 Å². The maximum Gasteiger partial charge on any atom is 0.407 e. The molecule has 1 aliphatic rings. The van der Waals surface area contributed by atoms with E-state index < -0.39 is 23.1 Å². The second-order valence-electron chi connectivity index (χ2n) is 6.45. The smallest absolute Gasteiger partial charge is 0.407 e. The van der Waals surface area contributed by atoms with Gasteiger partial charge in [0.2, 0.25) is 0 Å². The van der Waals surface area contributed by atoms with Crippen molar-refractivity contribution in [2.24, 2.45) is 11.3 Å². The number of carbonyl (C=O) groups is 2. The summed E-state index contributed by atoms with van der Waals surface area (Å²) in [4.78, 5) is 23.1. The number of nitrogens with one attached hydrogen (secondary N) is 1. The zero-order valence-electron chi connectivity index (χ0n) is 12.3. The van der Waals surface area contributed by atoms with Gasteiger partial charge in [-0.05, 0) is 39.5 Å². The molecular weight excluding hydrogens is 246 g/mol. The average molecular weight is 271 g/mol. The number of hydrogen-bond acceptors (Lipinski definition) is 3. The topological polar surface area (TPSA) is 75.6 Å². The van der Waals surface area contributed by atoms with Gasteiger partial charge in [0, 0.05) is 6.54 Å². The van der Waals surface area contributed by atoms with E-state index in [4.69, 9.17) is 4.74 Å². The standard InChI is InChI=1S/C14H25NO4/c1-10(9-15-12(18)19-13(2,3)4)14(11(16)17)7-5-6-8-14/h10H,5-9H2,1-4H3,(H,15,18)(H,16,17)/t10-/m0/s1. The first kappa shape index (κ1) is 15.8. The fourth-order valence-corrected chi connectivity index (χ4v) is 2.67. The Balaban J connectivity index is 2.52. The van der Waals surface area contributed by atoms with Gasteiger partial charge in [0.05, 0.1) is 5.41 Å². The van der Waals surface area contributed by atoms with Gasteiger partial charge < -0.3 is 15.2 Å². The van der Waals surface area contributed by atoms with Gasteiger partial charge in [0.1, 0.15) is 5.60 Å². The molecule has 0 saturated heterocycles. The molecule has 5 heteroatoms. The number of aliphatic carboxylic acids is 1. The van der Waals surface area contributed by atoms with Crippen LogP contribution in [-0.4, -0.2) is 29.3 Å². The Hall–Kier alpha value is -1.26. The van der Waals surface area contributed by atoms with E-state index in [2.05, 4.69) is 5.32 Å². The van der Waals surface area contributed by atoms with Crippen molar-refractivity contribution in [3.8, 4) is 0 Å². The van der Waals surface area contributed by atoms with Crippen LogP contribution in [0.1, 0.15) is 53.4 Å². The first-order chi connectivity index (χ1) is 8.67. The summed E-state index contributed by atoms with van der Waals surface area (Å²) in [7, 11) is 0. The van der Waals surface area contributed by atoms with Crippen LogP contribution in [0.25, 0.3) is 0 Å². The van der Waals surface area contributed by atoms with Gasteiger partial charge in [-0.15, -0.1) is 0 Å². The number of amides is 1. The summed E-state index contributed by atoms with van der Waals surface area (Å²) in [6.07, 6.45) is 2.79. The Kier molecular flexibility index (Phi) is 4.82. The van der Waals surface area contributed by atoms with Crippen LogP contribution in [-0.2, 0) is 9.53 Å². The van der Waals surface area contributed by atoms with Gasteiger partial charge in [-0.2, -0.15) is 0 Å². The molecule has 0 unspecified atom stereocenters. The lowest BCUT2D eigenvalue weighted by atomic mass is 9.75. The first-order valence-electron chi connectivity index (χ1n) is 6.88. The lowest BCUT2D eigenvalue weighted by molar-refractivity contribution is -0.151. The third-order valence-electron chi connectivity index (χ3n) is 3.82. The molecule has 0 aromatic heterocycles. The molecule has 0 aromatic rings.